The first-order chi connectivity index (χ1) is 16.0. The van der Waals surface area contributed by atoms with E-state index in [0.29, 0.717) is 11.1 Å². The molecule has 4 rings (SSSR count). The summed E-state index contributed by atoms with van der Waals surface area (Å²) in [6, 6.07) is 21.5. The van der Waals surface area contributed by atoms with Gasteiger partial charge in [-0.05, 0) is 23.3 Å². The molecule has 8 nitrogen and oxygen atoms in total. The smallest absolute Gasteiger partial charge is 0.268 e. The van der Waals surface area contributed by atoms with Crippen molar-refractivity contribution in [3.63, 3.8) is 0 Å². The van der Waals surface area contributed by atoms with Gasteiger partial charge in [0.2, 0.25) is 0 Å². The van der Waals surface area contributed by atoms with Gasteiger partial charge in [-0.2, -0.15) is 15.8 Å². The van der Waals surface area contributed by atoms with Crippen LogP contribution >= 0.6 is 0 Å². The average Bonchev–Trinajstić information content (AvgIpc) is 2.84. The molecule has 0 amide bonds. The number of aromatic nitrogens is 1. The first kappa shape index (κ1) is 21.6. The van der Waals surface area contributed by atoms with E-state index in [4.69, 9.17) is 5.73 Å². The fourth-order valence-corrected chi connectivity index (χ4v) is 4.18. The maximum Gasteiger partial charge on any atom is 0.268 e. The van der Waals surface area contributed by atoms with Crippen LogP contribution < -0.4 is 16.2 Å². The molecule has 0 spiro atoms. The lowest BCUT2D eigenvalue weighted by molar-refractivity contribution is 0.250. The quantitative estimate of drug-likeness (QED) is 0.642. The Balaban J connectivity index is 1.61. The third kappa shape index (κ3) is 4.27. The predicted molar refractivity (Wildman–Crippen MR) is 125 cm³/mol. The van der Waals surface area contributed by atoms with E-state index >= 15 is 0 Å². The van der Waals surface area contributed by atoms with Crippen LogP contribution in [-0.4, -0.2) is 36.1 Å². The normalized spacial score (nSPS) is 13.7. The average molecular weight is 435 g/mol. The monoisotopic (exact) mass is 435 g/mol. The van der Waals surface area contributed by atoms with Gasteiger partial charge in [0, 0.05) is 38.3 Å². The number of benzene rings is 2. The number of piperazine rings is 1. The van der Waals surface area contributed by atoms with Gasteiger partial charge in [-0.1, -0.05) is 36.4 Å². The number of anilines is 2. The number of hydrogen-bond acceptors (Lipinski definition) is 7. The van der Waals surface area contributed by atoms with Crippen LogP contribution in [0.25, 0.3) is 11.1 Å². The molecule has 8 heteroatoms. The Hall–Kier alpha value is -4.58. The number of nitrogen functional groups attached to an aromatic ring is 1. The van der Waals surface area contributed by atoms with Gasteiger partial charge in [0.05, 0.1) is 11.3 Å². The van der Waals surface area contributed by atoms with Gasteiger partial charge < -0.3 is 15.6 Å². The summed E-state index contributed by atoms with van der Waals surface area (Å²) in [6.45, 7) is 4.15. The number of rotatable bonds is 4. The summed E-state index contributed by atoms with van der Waals surface area (Å²) in [4.78, 5) is 19.1. The second kappa shape index (κ2) is 9.28. The van der Waals surface area contributed by atoms with Crippen molar-refractivity contribution in [2.24, 2.45) is 0 Å². The molecule has 0 saturated carbocycles. The molecule has 1 fully saturated rings. The number of nitrogens with two attached hydrogens (primary N) is 1. The SMILES string of the molecule is N#Cc1cc(-c2c(C#N)c(N)[nH]c(=O)c2C#N)ccc1N1CCN(Cc2ccccc2)CC1. The maximum absolute atomic E-state index is 12.2. The number of nitrogens with zero attached hydrogens (tertiary/aromatic N) is 5. The minimum absolute atomic E-state index is 0.0114. The summed E-state index contributed by atoms with van der Waals surface area (Å²) in [5.41, 5.74) is 8.01. The van der Waals surface area contributed by atoms with Crippen molar-refractivity contribution in [2.45, 2.75) is 6.54 Å². The number of aromatic amines is 1. The Labute approximate surface area is 191 Å². The first-order valence-corrected chi connectivity index (χ1v) is 10.5. The summed E-state index contributed by atoms with van der Waals surface area (Å²) in [6.07, 6.45) is 0. The summed E-state index contributed by atoms with van der Waals surface area (Å²) in [7, 11) is 0. The van der Waals surface area contributed by atoms with Crippen LogP contribution in [0.3, 0.4) is 0 Å². The lowest BCUT2D eigenvalue weighted by Crippen LogP contribution is -2.46. The molecule has 0 radical (unpaired) electrons. The molecule has 3 aromatic rings. The summed E-state index contributed by atoms with van der Waals surface area (Å²) < 4.78 is 0. The molecule has 1 aliphatic heterocycles. The van der Waals surface area contributed by atoms with E-state index in [9.17, 15) is 20.6 Å². The lowest BCUT2D eigenvalue weighted by atomic mass is 9.94. The Bertz CT molecular complexity index is 1370. The van der Waals surface area contributed by atoms with Crippen molar-refractivity contribution in [3.05, 3.63) is 81.1 Å². The number of hydrogen-bond donors (Lipinski definition) is 2. The fraction of sp³-hybridized carbons (Fsp3) is 0.200. The van der Waals surface area contributed by atoms with E-state index in [1.807, 2.05) is 30.3 Å². The van der Waals surface area contributed by atoms with E-state index in [1.54, 1.807) is 18.2 Å². The highest BCUT2D eigenvalue weighted by atomic mass is 16.1. The van der Waals surface area contributed by atoms with Crippen molar-refractivity contribution in [1.82, 2.24) is 9.88 Å². The second-order valence-electron chi connectivity index (χ2n) is 7.81. The second-order valence-corrected chi connectivity index (χ2v) is 7.81. The highest BCUT2D eigenvalue weighted by Gasteiger charge is 2.22. The molecule has 33 heavy (non-hydrogen) atoms. The van der Waals surface area contributed by atoms with Gasteiger partial charge in [0.25, 0.3) is 5.56 Å². The van der Waals surface area contributed by atoms with Gasteiger partial charge in [-0.15, -0.1) is 0 Å². The molecule has 162 valence electrons. The Morgan fingerprint density at radius 1 is 0.909 bits per heavy atom. The Morgan fingerprint density at radius 2 is 1.61 bits per heavy atom. The van der Waals surface area contributed by atoms with E-state index in [-0.39, 0.29) is 22.5 Å². The molecular formula is C25H21N7O. The minimum atomic E-state index is -0.666. The number of H-pyrrole nitrogens is 1. The molecule has 0 bridgehead atoms. The van der Waals surface area contributed by atoms with Crippen molar-refractivity contribution in [3.8, 4) is 29.3 Å². The first-order valence-electron chi connectivity index (χ1n) is 10.5. The van der Waals surface area contributed by atoms with E-state index < -0.39 is 5.56 Å². The van der Waals surface area contributed by atoms with Crippen LogP contribution in [0, 0.1) is 34.0 Å². The van der Waals surface area contributed by atoms with Crippen molar-refractivity contribution in [1.29, 1.82) is 15.8 Å². The van der Waals surface area contributed by atoms with Crippen molar-refractivity contribution in [2.75, 3.05) is 36.8 Å². The largest absolute Gasteiger partial charge is 0.384 e. The van der Waals surface area contributed by atoms with Crippen LogP contribution in [0.5, 0.6) is 0 Å². The molecule has 3 N–H and O–H groups in total. The van der Waals surface area contributed by atoms with Crippen LogP contribution in [0.1, 0.15) is 22.3 Å². The molecule has 1 aromatic heterocycles. The van der Waals surface area contributed by atoms with E-state index in [2.05, 4.69) is 33.0 Å². The van der Waals surface area contributed by atoms with Crippen LogP contribution in [0.2, 0.25) is 0 Å². The van der Waals surface area contributed by atoms with Crippen LogP contribution in [-0.2, 0) is 6.54 Å². The van der Waals surface area contributed by atoms with E-state index in [1.165, 1.54) is 5.56 Å². The van der Waals surface area contributed by atoms with Gasteiger partial charge in [-0.25, -0.2) is 0 Å². The van der Waals surface area contributed by atoms with Gasteiger partial charge >= 0.3 is 0 Å². The van der Waals surface area contributed by atoms with Crippen molar-refractivity contribution < 1.29 is 0 Å². The lowest BCUT2D eigenvalue weighted by Gasteiger charge is -2.36. The molecule has 1 saturated heterocycles. The Morgan fingerprint density at radius 3 is 2.24 bits per heavy atom. The maximum atomic E-state index is 12.2. The molecule has 1 aliphatic rings. The summed E-state index contributed by atoms with van der Waals surface area (Å²) in [5, 5.41) is 28.9. The summed E-state index contributed by atoms with van der Waals surface area (Å²) >= 11 is 0. The predicted octanol–water partition coefficient (Wildman–Crippen LogP) is 2.56. The highest BCUT2D eigenvalue weighted by molar-refractivity contribution is 5.82. The zero-order valence-electron chi connectivity index (χ0n) is 17.9. The number of nitriles is 3. The fourth-order valence-electron chi connectivity index (χ4n) is 4.18. The standard InChI is InChI=1S/C25H21N7O/c26-13-19-12-18(23-20(14-27)24(29)30-25(33)21(23)15-28)6-7-22(19)32-10-8-31(9-11-32)16-17-4-2-1-3-5-17/h1-7,12H,8-11,16H2,(H3,29,30,33). The molecule has 2 heterocycles. The van der Waals surface area contributed by atoms with Gasteiger partial charge in [-0.3, -0.25) is 9.69 Å². The third-order valence-electron chi connectivity index (χ3n) is 5.84. The molecular weight excluding hydrogens is 414 g/mol. The number of pyridine rings is 1. The zero-order chi connectivity index (χ0) is 23.4. The molecule has 2 aromatic carbocycles. The van der Waals surface area contributed by atoms with Gasteiger partial charge in [0.1, 0.15) is 35.2 Å². The zero-order valence-corrected chi connectivity index (χ0v) is 17.9. The molecule has 0 aliphatic carbocycles. The molecule has 0 atom stereocenters. The third-order valence-corrected chi connectivity index (χ3v) is 5.84. The molecule has 0 unspecified atom stereocenters. The van der Waals surface area contributed by atoms with Crippen molar-refractivity contribution >= 4 is 11.5 Å². The minimum Gasteiger partial charge on any atom is -0.384 e. The van der Waals surface area contributed by atoms with Crippen LogP contribution in [0.4, 0.5) is 11.5 Å². The Kier molecular flexibility index (Phi) is 6.09. The number of nitrogens with one attached hydrogen (secondary N) is 1. The van der Waals surface area contributed by atoms with E-state index in [0.717, 1.165) is 38.4 Å². The topological polar surface area (TPSA) is 137 Å². The van der Waals surface area contributed by atoms with Crippen LogP contribution in [0.15, 0.2) is 53.3 Å². The van der Waals surface area contributed by atoms with Gasteiger partial charge in [0.15, 0.2) is 0 Å². The summed E-state index contributed by atoms with van der Waals surface area (Å²) in [5.74, 6) is -0.103. The highest BCUT2D eigenvalue weighted by Crippen LogP contribution is 2.32.